The zero-order valence-electron chi connectivity index (χ0n) is 31.5. The number of carbonyl (C=O) groups is 8. The first-order valence-electron chi connectivity index (χ1n) is 17.1. The van der Waals surface area contributed by atoms with Crippen molar-refractivity contribution in [2.75, 3.05) is 0 Å². The molecule has 3 unspecified atom stereocenters. The van der Waals surface area contributed by atoms with E-state index in [9.17, 15) is 43.5 Å². The number of Topliss-reactive ketones (excluding diaryl/α,β-unsaturated/α-hetero) is 1. The third kappa shape index (κ3) is 8.48. The van der Waals surface area contributed by atoms with Crippen molar-refractivity contribution in [1.29, 1.82) is 0 Å². The highest BCUT2D eigenvalue weighted by atomic mass is 16.7. The predicted molar refractivity (Wildman–Crippen MR) is 175 cm³/mol. The lowest BCUT2D eigenvalue weighted by atomic mass is 9.66. The van der Waals surface area contributed by atoms with Gasteiger partial charge in [0.1, 0.15) is 11.2 Å². The van der Waals surface area contributed by atoms with Gasteiger partial charge in [-0.05, 0) is 6.92 Å². The summed E-state index contributed by atoms with van der Waals surface area (Å²) in [5.74, 6) is -11.3. The molecule has 1 saturated heterocycles. The second-order valence-electron chi connectivity index (χ2n) is 15.0. The number of allylic oxidation sites excluding steroid dienone is 1. The summed E-state index contributed by atoms with van der Waals surface area (Å²) in [7, 11) is 0. The van der Waals surface area contributed by atoms with Gasteiger partial charge in [-0.3, -0.25) is 38.4 Å². The highest BCUT2D eigenvalue weighted by molar-refractivity contribution is 5.92. The fraction of sp³-hybridized carbons (Fsp3) is 0.722. The number of ether oxygens (including phenoxy) is 7. The van der Waals surface area contributed by atoms with E-state index in [1.807, 2.05) is 0 Å². The normalized spacial score (nSPS) is 36.3. The summed E-state index contributed by atoms with van der Waals surface area (Å²) in [4.78, 5) is 106. The number of rotatable bonds is 7. The molecule has 0 bridgehead atoms. The molecule has 1 saturated carbocycles. The molecule has 3 rings (SSSR count). The molecule has 3 aliphatic rings. The molecule has 16 heteroatoms. The van der Waals surface area contributed by atoms with E-state index < -0.39 is 137 Å². The third-order valence-corrected chi connectivity index (χ3v) is 9.67. The predicted octanol–water partition coefficient (Wildman–Crippen LogP) is 2.23. The van der Waals surface area contributed by atoms with Crippen molar-refractivity contribution in [3.05, 3.63) is 12.2 Å². The lowest BCUT2D eigenvalue weighted by Crippen LogP contribution is -2.71. The summed E-state index contributed by atoms with van der Waals surface area (Å²) < 4.78 is 41.1. The van der Waals surface area contributed by atoms with Crippen molar-refractivity contribution in [3.8, 4) is 0 Å². The van der Waals surface area contributed by atoms with Crippen molar-refractivity contribution < 1.29 is 76.6 Å². The van der Waals surface area contributed by atoms with E-state index in [2.05, 4.69) is 0 Å². The molecular weight excluding hydrogens is 688 g/mol. The minimum Gasteiger partial charge on any atom is -0.458 e. The largest absolute Gasteiger partial charge is 0.458 e. The maximum Gasteiger partial charge on any atom is 0.308 e. The molecule has 2 aliphatic carbocycles. The number of hydrogen-bond acceptors (Lipinski definition) is 16. The molecule has 0 aromatic rings. The molecule has 10 atom stereocenters. The highest BCUT2D eigenvalue weighted by Gasteiger charge is 2.75. The fourth-order valence-electron chi connectivity index (χ4n) is 7.67. The zero-order chi connectivity index (χ0) is 39.7. The van der Waals surface area contributed by atoms with E-state index in [1.54, 1.807) is 13.8 Å². The molecular formula is C36H50O16. The van der Waals surface area contributed by atoms with Crippen molar-refractivity contribution >= 4 is 47.6 Å². The summed E-state index contributed by atoms with van der Waals surface area (Å²) in [5.41, 5.74) is -8.43. The molecule has 1 aliphatic heterocycles. The van der Waals surface area contributed by atoms with Crippen LogP contribution in [0.25, 0.3) is 0 Å². The molecule has 0 amide bonds. The lowest BCUT2D eigenvalue weighted by Gasteiger charge is -2.53. The molecule has 0 radical (unpaired) electrons. The van der Waals surface area contributed by atoms with Crippen LogP contribution in [0.5, 0.6) is 0 Å². The summed E-state index contributed by atoms with van der Waals surface area (Å²) >= 11 is 0. The number of hydrogen-bond donors (Lipinski definition) is 1. The van der Waals surface area contributed by atoms with E-state index >= 15 is 0 Å². The lowest BCUT2D eigenvalue weighted by molar-refractivity contribution is -0.271. The zero-order valence-corrected chi connectivity index (χ0v) is 31.5. The van der Waals surface area contributed by atoms with Gasteiger partial charge in [0.05, 0.1) is 11.8 Å². The average molecular weight is 739 g/mol. The van der Waals surface area contributed by atoms with Crippen LogP contribution in [0.15, 0.2) is 12.2 Å². The monoisotopic (exact) mass is 738 g/mol. The summed E-state index contributed by atoms with van der Waals surface area (Å²) in [6.07, 6.45) is -7.94. The molecule has 52 heavy (non-hydrogen) atoms. The molecule has 0 aromatic carbocycles. The van der Waals surface area contributed by atoms with E-state index in [0.29, 0.717) is 0 Å². The van der Waals surface area contributed by atoms with Crippen LogP contribution in [-0.4, -0.2) is 100.0 Å². The smallest absolute Gasteiger partial charge is 0.308 e. The van der Waals surface area contributed by atoms with E-state index in [0.717, 1.165) is 34.6 Å². The Labute approximate surface area is 302 Å². The number of aliphatic hydroxyl groups is 1. The Bertz CT molecular complexity index is 1510. The van der Waals surface area contributed by atoms with E-state index in [1.165, 1.54) is 39.8 Å². The molecule has 0 aromatic heterocycles. The van der Waals surface area contributed by atoms with Crippen molar-refractivity contribution in [1.82, 2.24) is 0 Å². The SMILES string of the molecule is CC(=O)O[C@H]1[C@@H](OC(C)=O)C(C)(C)/C=C/C(C)C(=O)C2(O)C[C@@](C)(OC(C)=O)[C@H](OC(C)=O)C2[C@H]2OC(=O)CC[C@@]2(OC(C)=O)[C@@H]1OC(=O)C(C)C. The van der Waals surface area contributed by atoms with E-state index in [4.69, 9.17) is 33.2 Å². The Morgan fingerprint density at radius 1 is 0.788 bits per heavy atom. The quantitative estimate of drug-likeness (QED) is 0.225. The van der Waals surface area contributed by atoms with Gasteiger partial charge in [-0.25, -0.2) is 0 Å². The summed E-state index contributed by atoms with van der Waals surface area (Å²) in [6, 6.07) is 0. The summed E-state index contributed by atoms with van der Waals surface area (Å²) in [5, 5.41) is 12.7. The minimum atomic E-state index is -2.66. The van der Waals surface area contributed by atoms with Crippen LogP contribution in [0, 0.1) is 23.2 Å². The number of esters is 7. The van der Waals surface area contributed by atoms with Crippen LogP contribution in [0.1, 0.15) is 95.4 Å². The topological polar surface area (TPSA) is 221 Å². The Morgan fingerprint density at radius 3 is 1.83 bits per heavy atom. The molecule has 2 fully saturated rings. The molecule has 16 nitrogen and oxygen atoms in total. The molecule has 0 spiro atoms. The second kappa shape index (κ2) is 15.3. The fourth-order valence-corrected chi connectivity index (χ4v) is 7.67. The maximum atomic E-state index is 14.6. The van der Waals surface area contributed by atoms with Gasteiger partial charge >= 0.3 is 41.8 Å². The molecule has 1 heterocycles. The Morgan fingerprint density at radius 2 is 1.33 bits per heavy atom. The van der Waals surface area contributed by atoms with Gasteiger partial charge < -0.3 is 38.3 Å². The Hall–Kier alpha value is -4.34. The number of fused-ring (bicyclic) bond motifs is 3. The van der Waals surface area contributed by atoms with Gasteiger partial charge in [0.2, 0.25) is 0 Å². The highest BCUT2D eigenvalue weighted by Crippen LogP contribution is 2.55. The van der Waals surface area contributed by atoms with Gasteiger partial charge in [-0.2, -0.15) is 0 Å². The first kappa shape index (κ1) is 42.1. The van der Waals surface area contributed by atoms with Gasteiger partial charge in [-0.15, -0.1) is 0 Å². The third-order valence-electron chi connectivity index (χ3n) is 9.67. The first-order chi connectivity index (χ1) is 23.8. The van der Waals surface area contributed by atoms with Crippen LogP contribution in [0.4, 0.5) is 0 Å². The molecule has 290 valence electrons. The maximum absolute atomic E-state index is 14.6. The van der Waals surface area contributed by atoms with E-state index in [-0.39, 0.29) is 0 Å². The van der Waals surface area contributed by atoms with Crippen molar-refractivity contribution in [2.24, 2.45) is 23.2 Å². The Balaban J connectivity index is 2.66. The molecule has 1 N–H and O–H groups in total. The number of carbonyl (C=O) groups excluding carboxylic acids is 8. The summed E-state index contributed by atoms with van der Waals surface area (Å²) in [6.45, 7) is 14.1. The van der Waals surface area contributed by atoms with Crippen LogP contribution in [-0.2, 0) is 71.5 Å². The van der Waals surface area contributed by atoms with Gasteiger partial charge in [0.15, 0.2) is 41.9 Å². The van der Waals surface area contributed by atoms with Crippen LogP contribution in [0.2, 0.25) is 0 Å². The van der Waals surface area contributed by atoms with Crippen LogP contribution < -0.4 is 0 Å². The average Bonchev–Trinajstić information content (AvgIpc) is 3.20. The van der Waals surface area contributed by atoms with Gasteiger partial charge in [0, 0.05) is 65.2 Å². The van der Waals surface area contributed by atoms with Gasteiger partial charge in [-0.1, -0.05) is 46.8 Å². The second-order valence-corrected chi connectivity index (χ2v) is 15.0. The minimum absolute atomic E-state index is 0.497. The van der Waals surface area contributed by atoms with Crippen molar-refractivity contribution in [2.45, 2.75) is 143 Å². The van der Waals surface area contributed by atoms with Crippen LogP contribution >= 0.6 is 0 Å². The van der Waals surface area contributed by atoms with Crippen LogP contribution in [0.3, 0.4) is 0 Å². The Kier molecular flexibility index (Phi) is 12.4. The standard InChI is InChI=1S/C36H50O16/c1-17(2)32(44)50-31-26(46-19(4)37)30(48-21(6)39)33(9,10)14-12-18(3)27(43)35(45)16-34(11,51-22(7)40)28(47-20(5)38)25(35)29-36(31,52-23(8)41)15-13-24(42)49-29/h12,14,17-18,25-26,28-31,45H,13,15-16H2,1-11H3/b14-12+/t18?,25?,26-,28+,29+,30+,31+,34+,35?,36-/m0/s1. The van der Waals surface area contributed by atoms with Crippen molar-refractivity contribution in [3.63, 3.8) is 0 Å². The number of ketones is 1. The first-order valence-corrected chi connectivity index (χ1v) is 17.1. The van der Waals surface area contributed by atoms with Gasteiger partial charge in [0.25, 0.3) is 0 Å².